The van der Waals surface area contributed by atoms with Gasteiger partial charge in [-0.1, -0.05) is 49.7 Å². The molecule has 2 N–H and O–H groups in total. The van der Waals surface area contributed by atoms with Crippen molar-refractivity contribution in [3.63, 3.8) is 0 Å². The van der Waals surface area contributed by atoms with Gasteiger partial charge < -0.3 is 20.1 Å². The quantitative estimate of drug-likeness (QED) is 0.654. The first-order chi connectivity index (χ1) is 15.5. The normalized spacial score (nSPS) is 20.2. The van der Waals surface area contributed by atoms with E-state index in [9.17, 15) is 14.4 Å². The van der Waals surface area contributed by atoms with Gasteiger partial charge >= 0.3 is 6.03 Å². The Labute approximate surface area is 188 Å². The Hall–Kier alpha value is -3.09. The molecule has 2 aromatic rings. The van der Waals surface area contributed by atoms with Crippen molar-refractivity contribution in [2.24, 2.45) is 5.92 Å². The summed E-state index contributed by atoms with van der Waals surface area (Å²) in [6, 6.07) is 14.3. The van der Waals surface area contributed by atoms with Crippen LogP contribution in [-0.2, 0) is 17.8 Å². The molecular formula is C25H32N4O3. The lowest BCUT2D eigenvalue weighted by molar-refractivity contribution is -0.122. The summed E-state index contributed by atoms with van der Waals surface area (Å²) < 4.78 is 1.85. The molecule has 0 saturated carbocycles. The maximum atomic E-state index is 13.2. The molecule has 4 rings (SSSR count). The third-order valence-electron chi connectivity index (χ3n) is 6.49. The SMILES string of the molecule is CCCCNC(=O)[C@H](Cc1ccccc1)NC(=O)N1CC2CC(C1)c1cccc(=O)n1C2. The Morgan fingerprint density at radius 3 is 2.66 bits per heavy atom. The Balaban J connectivity index is 1.45. The molecule has 0 radical (unpaired) electrons. The van der Waals surface area contributed by atoms with Gasteiger partial charge in [-0.15, -0.1) is 0 Å². The van der Waals surface area contributed by atoms with Gasteiger partial charge in [-0.25, -0.2) is 4.79 Å². The van der Waals surface area contributed by atoms with Crippen LogP contribution >= 0.6 is 0 Å². The van der Waals surface area contributed by atoms with Crippen molar-refractivity contribution in [1.29, 1.82) is 0 Å². The molecule has 7 heteroatoms. The van der Waals surface area contributed by atoms with Crippen LogP contribution in [0.1, 0.15) is 43.4 Å². The summed E-state index contributed by atoms with van der Waals surface area (Å²) in [6.07, 6.45) is 3.34. The largest absolute Gasteiger partial charge is 0.354 e. The van der Waals surface area contributed by atoms with Gasteiger partial charge in [0.2, 0.25) is 5.91 Å². The third kappa shape index (κ3) is 5.03. The average molecular weight is 437 g/mol. The minimum atomic E-state index is -0.626. The van der Waals surface area contributed by atoms with E-state index < -0.39 is 6.04 Å². The lowest BCUT2D eigenvalue weighted by atomic mass is 9.83. The zero-order chi connectivity index (χ0) is 22.5. The maximum Gasteiger partial charge on any atom is 0.318 e. The molecule has 170 valence electrons. The van der Waals surface area contributed by atoms with Crippen LogP contribution in [0, 0.1) is 5.92 Å². The minimum absolute atomic E-state index is 0.0294. The number of urea groups is 1. The second-order valence-corrected chi connectivity index (χ2v) is 8.94. The van der Waals surface area contributed by atoms with E-state index in [-0.39, 0.29) is 29.3 Å². The summed E-state index contributed by atoms with van der Waals surface area (Å²) in [4.78, 5) is 40.1. The van der Waals surface area contributed by atoms with Crippen molar-refractivity contribution < 1.29 is 9.59 Å². The van der Waals surface area contributed by atoms with Gasteiger partial charge in [0, 0.05) is 50.3 Å². The fourth-order valence-electron chi connectivity index (χ4n) is 4.87. The highest BCUT2D eigenvalue weighted by Gasteiger charge is 2.37. The van der Waals surface area contributed by atoms with E-state index >= 15 is 0 Å². The minimum Gasteiger partial charge on any atom is -0.354 e. The molecule has 2 aliphatic heterocycles. The number of aromatic nitrogens is 1. The van der Waals surface area contributed by atoms with E-state index in [2.05, 4.69) is 17.6 Å². The van der Waals surface area contributed by atoms with E-state index in [0.29, 0.717) is 32.6 Å². The van der Waals surface area contributed by atoms with Gasteiger partial charge in [0.25, 0.3) is 5.56 Å². The van der Waals surface area contributed by atoms with E-state index in [1.165, 1.54) is 0 Å². The zero-order valence-electron chi connectivity index (χ0n) is 18.6. The number of hydrogen-bond donors (Lipinski definition) is 2. The Bertz CT molecular complexity index is 1000. The first-order valence-electron chi connectivity index (χ1n) is 11.6. The van der Waals surface area contributed by atoms with Crippen molar-refractivity contribution in [1.82, 2.24) is 20.1 Å². The number of carbonyl (C=O) groups excluding carboxylic acids is 2. The van der Waals surface area contributed by atoms with E-state index in [1.54, 1.807) is 12.1 Å². The van der Waals surface area contributed by atoms with E-state index in [4.69, 9.17) is 0 Å². The van der Waals surface area contributed by atoms with Crippen LogP contribution in [0.4, 0.5) is 4.79 Å². The molecular weight excluding hydrogens is 404 g/mol. The molecule has 1 saturated heterocycles. The first kappa shape index (κ1) is 22.1. The molecule has 1 aromatic carbocycles. The number of likely N-dealkylation sites (tertiary alicyclic amines) is 1. The maximum absolute atomic E-state index is 13.2. The molecule has 0 spiro atoms. The second-order valence-electron chi connectivity index (χ2n) is 8.94. The molecule has 2 unspecified atom stereocenters. The Morgan fingerprint density at radius 1 is 1.06 bits per heavy atom. The van der Waals surface area contributed by atoms with Crippen molar-refractivity contribution >= 4 is 11.9 Å². The summed E-state index contributed by atoms with van der Waals surface area (Å²) in [5.41, 5.74) is 2.04. The molecule has 2 aliphatic rings. The molecule has 3 atom stereocenters. The van der Waals surface area contributed by atoms with Crippen LogP contribution < -0.4 is 16.2 Å². The van der Waals surface area contributed by atoms with E-state index in [0.717, 1.165) is 30.5 Å². The molecule has 7 nitrogen and oxygen atoms in total. The number of fused-ring (bicyclic) bond motifs is 4. The van der Waals surface area contributed by atoms with Gasteiger partial charge in [0.05, 0.1) is 0 Å². The fraction of sp³-hybridized carbons (Fsp3) is 0.480. The highest BCUT2D eigenvalue weighted by atomic mass is 16.2. The van der Waals surface area contributed by atoms with Gasteiger partial charge in [-0.05, 0) is 30.4 Å². The lowest BCUT2D eigenvalue weighted by Gasteiger charge is -2.43. The van der Waals surface area contributed by atoms with Crippen LogP contribution in [0.25, 0.3) is 0 Å². The molecule has 32 heavy (non-hydrogen) atoms. The summed E-state index contributed by atoms with van der Waals surface area (Å²) in [5.74, 6) is 0.246. The van der Waals surface area contributed by atoms with Crippen LogP contribution in [0.2, 0.25) is 0 Å². The number of pyridine rings is 1. The molecule has 3 amide bonds. The number of nitrogens with one attached hydrogen (secondary N) is 2. The van der Waals surface area contributed by atoms with Crippen LogP contribution in [0.5, 0.6) is 0 Å². The van der Waals surface area contributed by atoms with Gasteiger partial charge in [0.15, 0.2) is 0 Å². The molecule has 3 heterocycles. The van der Waals surface area contributed by atoms with Crippen molar-refractivity contribution in [3.05, 3.63) is 70.1 Å². The highest BCUT2D eigenvalue weighted by molar-refractivity contribution is 5.87. The van der Waals surface area contributed by atoms with E-state index in [1.807, 2.05) is 45.9 Å². The number of nitrogens with zero attached hydrogens (tertiary/aromatic N) is 2. The van der Waals surface area contributed by atoms with Gasteiger partial charge in [0.1, 0.15) is 6.04 Å². The Morgan fingerprint density at radius 2 is 1.88 bits per heavy atom. The van der Waals surface area contributed by atoms with Crippen molar-refractivity contribution in [2.75, 3.05) is 19.6 Å². The average Bonchev–Trinajstić information content (AvgIpc) is 2.80. The zero-order valence-corrected chi connectivity index (χ0v) is 18.6. The highest BCUT2D eigenvalue weighted by Crippen LogP contribution is 2.34. The Kier molecular flexibility index (Phi) is 6.93. The van der Waals surface area contributed by atoms with Crippen LogP contribution in [0.15, 0.2) is 53.3 Å². The first-order valence-corrected chi connectivity index (χ1v) is 11.6. The number of carbonyl (C=O) groups is 2. The molecule has 1 aromatic heterocycles. The van der Waals surface area contributed by atoms with Gasteiger partial charge in [-0.3, -0.25) is 9.59 Å². The van der Waals surface area contributed by atoms with Gasteiger partial charge in [-0.2, -0.15) is 0 Å². The monoisotopic (exact) mass is 436 g/mol. The fourth-order valence-corrected chi connectivity index (χ4v) is 4.87. The number of amides is 3. The number of hydrogen-bond acceptors (Lipinski definition) is 3. The number of benzene rings is 1. The van der Waals surface area contributed by atoms with Crippen molar-refractivity contribution in [3.8, 4) is 0 Å². The summed E-state index contributed by atoms with van der Waals surface area (Å²) in [6.45, 7) is 4.48. The molecule has 2 bridgehead atoms. The standard InChI is InChI=1S/C25H32N4O3/c1-2-3-12-26-24(31)21(14-18-8-5-4-6-9-18)27-25(32)28-15-19-13-20(17-28)22-10-7-11-23(30)29(22)16-19/h4-11,19-21H,2-3,12-17H2,1H3,(H,26,31)(H,27,32)/t19?,20?,21-/m0/s1. The number of piperidine rings is 1. The number of rotatable bonds is 7. The predicted molar refractivity (Wildman–Crippen MR) is 124 cm³/mol. The smallest absolute Gasteiger partial charge is 0.318 e. The predicted octanol–water partition coefficient (Wildman–Crippen LogP) is 2.50. The number of unbranched alkanes of at least 4 members (excludes halogenated alkanes) is 1. The summed E-state index contributed by atoms with van der Waals surface area (Å²) in [5, 5.41) is 5.95. The molecule has 0 aliphatic carbocycles. The van der Waals surface area contributed by atoms with Crippen molar-refractivity contribution in [2.45, 2.75) is 51.1 Å². The summed E-state index contributed by atoms with van der Waals surface area (Å²) >= 11 is 0. The summed E-state index contributed by atoms with van der Waals surface area (Å²) in [7, 11) is 0. The van der Waals surface area contributed by atoms with Crippen LogP contribution in [0.3, 0.4) is 0 Å². The lowest BCUT2D eigenvalue weighted by Crippen LogP contribution is -2.56. The topological polar surface area (TPSA) is 83.4 Å². The third-order valence-corrected chi connectivity index (χ3v) is 6.49. The molecule has 1 fully saturated rings. The second kappa shape index (κ2) is 10.0. The van der Waals surface area contributed by atoms with Crippen LogP contribution in [-0.4, -0.2) is 47.1 Å².